The highest BCUT2D eigenvalue weighted by atomic mass is 32.1. The van der Waals surface area contributed by atoms with Crippen LogP contribution in [0.5, 0.6) is 0 Å². The zero-order chi connectivity index (χ0) is 11.1. The van der Waals surface area contributed by atoms with Crippen molar-refractivity contribution in [2.45, 2.75) is 31.8 Å². The van der Waals surface area contributed by atoms with Crippen molar-refractivity contribution < 1.29 is 15.0 Å². The molecule has 1 saturated carbocycles. The predicted molar refractivity (Wildman–Crippen MR) is 58.2 cm³/mol. The topological polar surface area (TPSA) is 57.5 Å². The lowest BCUT2D eigenvalue weighted by Gasteiger charge is -2.21. The molecule has 2 N–H and O–H groups in total. The van der Waals surface area contributed by atoms with E-state index in [9.17, 15) is 9.90 Å². The van der Waals surface area contributed by atoms with Crippen molar-refractivity contribution in [3.63, 3.8) is 0 Å². The lowest BCUT2D eigenvalue weighted by molar-refractivity contribution is 0.0413. The van der Waals surface area contributed by atoms with Gasteiger partial charge in [-0.1, -0.05) is 6.92 Å². The van der Waals surface area contributed by atoms with E-state index in [1.165, 1.54) is 11.3 Å². The SMILES string of the molecule is CC1CCC(O)(c2sccc2C(=O)O)C1. The molecule has 4 heteroatoms. The molecule has 1 fully saturated rings. The van der Waals surface area contributed by atoms with Crippen LogP contribution in [-0.2, 0) is 5.60 Å². The zero-order valence-electron chi connectivity index (χ0n) is 8.56. The quantitative estimate of drug-likeness (QED) is 0.814. The minimum Gasteiger partial charge on any atom is -0.478 e. The summed E-state index contributed by atoms with van der Waals surface area (Å²) in [6.45, 7) is 2.09. The van der Waals surface area contributed by atoms with Crippen LogP contribution in [-0.4, -0.2) is 16.2 Å². The van der Waals surface area contributed by atoms with E-state index in [0.717, 1.165) is 6.42 Å². The Kier molecular flexibility index (Phi) is 2.56. The lowest BCUT2D eigenvalue weighted by Crippen LogP contribution is -2.22. The fourth-order valence-corrected chi connectivity index (χ4v) is 3.34. The third-order valence-electron chi connectivity index (χ3n) is 3.06. The Morgan fingerprint density at radius 2 is 2.40 bits per heavy atom. The van der Waals surface area contributed by atoms with E-state index in [-0.39, 0.29) is 5.56 Å². The Labute approximate surface area is 92.4 Å². The standard InChI is InChI=1S/C11H14O3S/c1-7-2-4-11(14,6-7)9-8(10(12)13)3-5-15-9/h3,5,7,14H,2,4,6H2,1H3,(H,12,13). The van der Waals surface area contributed by atoms with E-state index in [1.807, 2.05) is 0 Å². The molecule has 1 aliphatic carbocycles. The second kappa shape index (κ2) is 3.61. The smallest absolute Gasteiger partial charge is 0.336 e. The first-order valence-corrected chi connectivity index (χ1v) is 5.94. The van der Waals surface area contributed by atoms with E-state index < -0.39 is 11.6 Å². The molecule has 0 radical (unpaired) electrons. The van der Waals surface area contributed by atoms with Crippen LogP contribution in [0.3, 0.4) is 0 Å². The second-order valence-electron chi connectivity index (χ2n) is 4.35. The molecule has 0 saturated heterocycles. The number of thiophene rings is 1. The summed E-state index contributed by atoms with van der Waals surface area (Å²) in [7, 11) is 0. The summed E-state index contributed by atoms with van der Waals surface area (Å²) < 4.78 is 0. The summed E-state index contributed by atoms with van der Waals surface area (Å²) in [6, 6.07) is 1.57. The number of aliphatic hydroxyl groups is 1. The number of hydrogen-bond donors (Lipinski definition) is 2. The highest BCUT2D eigenvalue weighted by molar-refractivity contribution is 7.10. The van der Waals surface area contributed by atoms with Gasteiger partial charge in [0.25, 0.3) is 0 Å². The van der Waals surface area contributed by atoms with Gasteiger partial charge in [0.15, 0.2) is 0 Å². The van der Waals surface area contributed by atoms with Crippen LogP contribution < -0.4 is 0 Å². The van der Waals surface area contributed by atoms with Crippen LogP contribution in [0.2, 0.25) is 0 Å². The molecule has 1 heterocycles. The summed E-state index contributed by atoms with van der Waals surface area (Å²) in [5.74, 6) is -0.474. The molecule has 0 spiro atoms. The first kappa shape index (κ1) is 10.6. The Morgan fingerprint density at radius 1 is 1.67 bits per heavy atom. The second-order valence-corrected chi connectivity index (χ2v) is 5.26. The van der Waals surface area contributed by atoms with Gasteiger partial charge in [-0.05, 0) is 36.6 Å². The molecule has 2 atom stereocenters. The molecule has 0 amide bonds. The highest BCUT2D eigenvalue weighted by Crippen LogP contribution is 2.45. The number of carboxylic acid groups (broad SMARTS) is 1. The fraction of sp³-hybridized carbons (Fsp3) is 0.545. The van der Waals surface area contributed by atoms with Gasteiger partial charge in [-0.25, -0.2) is 4.79 Å². The molecule has 0 aromatic carbocycles. The van der Waals surface area contributed by atoms with Gasteiger partial charge in [-0.2, -0.15) is 0 Å². The average Bonchev–Trinajstić information content (AvgIpc) is 2.72. The summed E-state index contributed by atoms with van der Waals surface area (Å²) >= 11 is 1.35. The molecular formula is C11H14O3S. The van der Waals surface area contributed by atoms with Gasteiger partial charge in [-0.15, -0.1) is 11.3 Å². The Hall–Kier alpha value is -0.870. The normalized spacial score (nSPS) is 30.7. The number of aromatic carboxylic acids is 1. The fourth-order valence-electron chi connectivity index (χ4n) is 2.31. The van der Waals surface area contributed by atoms with Gasteiger partial charge in [0.05, 0.1) is 16.0 Å². The number of carboxylic acids is 1. The van der Waals surface area contributed by atoms with Crippen LogP contribution in [0.1, 0.15) is 41.4 Å². The Bertz CT molecular complexity index is 385. The van der Waals surface area contributed by atoms with Gasteiger partial charge in [-0.3, -0.25) is 0 Å². The van der Waals surface area contributed by atoms with Crippen molar-refractivity contribution in [3.05, 3.63) is 21.9 Å². The molecule has 1 aromatic rings. The first-order valence-electron chi connectivity index (χ1n) is 5.06. The number of hydrogen-bond acceptors (Lipinski definition) is 3. The minimum atomic E-state index is -0.945. The summed E-state index contributed by atoms with van der Waals surface area (Å²) in [6.07, 6.45) is 2.32. The van der Waals surface area contributed by atoms with Crippen LogP contribution in [0.25, 0.3) is 0 Å². The molecule has 1 aliphatic rings. The number of carbonyl (C=O) groups is 1. The third-order valence-corrected chi connectivity index (χ3v) is 4.16. The van der Waals surface area contributed by atoms with Crippen molar-refractivity contribution in [1.29, 1.82) is 0 Å². The van der Waals surface area contributed by atoms with Gasteiger partial charge in [0, 0.05) is 0 Å². The molecule has 2 unspecified atom stereocenters. The molecule has 0 bridgehead atoms. The van der Waals surface area contributed by atoms with Gasteiger partial charge in [0.1, 0.15) is 0 Å². The van der Waals surface area contributed by atoms with E-state index in [4.69, 9.17) is 5.11 Å². The van der Waals surface area contributed by atoms with Gasteiger partial charge < -0.3 is 10.2 Å². The molecule has 15 heavy (non-hydrogen) atoms. The Morgan fingerprint density at radius 3 is 2.93 bits per heavy atom. The number of rotatable bonds is 2. The van der Waals surface area contributed by atoms with E-state index in [0.29, 0.717) is 23.6 Å². The predicted octanol–water partition coefficient (Wildman–Crippen LogP) is 2.45. The molecular weight excluding hydrogens is 212 g/mol. The summed E-state index contributed by atoms with van der Waals surface area (Å²) in [4.78, 5) is 11.6. The molecule has 2 rings (SSSR count). The van der Waals surface area contributed by atoms with Crippen molar-refractivity contribution in [2.24, 2.45) is 5.92 Å². The lowest BCUT2D eigenvalue weighted by atomic mass is 9.96. The highest BCUT2D eigenvalue weighted by Gasteiger charge is 2.40. The maximum atomic E-state index is 11.0. The van der Waals surface area contributed by atoms with Crippen molar-refractivity contribution in [2.75, 3.05) is 0 Å². The summed E-state index contributed by atoms with van der Waals surface area (Å²) in [5.41, 5.74) is -0.641. The van der Waals surface area contributed by atoms with Crippen molar-refractivity contribution in [1.82, 2.24) is 0 Å². The van der Waals surface area contributed by atoms with E-state index >= 15 is 0 Å². The van der Waals surface area contributed by atoms with E-state index in [1.54, 1.807) is 11.4 Å². The van der Waals surface area contributed by atoms with Gasteiger partial charge >= 0.3 is 5.97 Å². The third kappa shape index (κ3) is 1.79. The average molecular weight is 226 g/mol. The van der Waals surface area contributed by atoms with Crippen LogP contribution >= 0.6 is 11.3 Å². The van der Waals surface area contributed by atoms with Crippen molar-refractivity contribution in [3.8, 4) is 0 Å². The maximum absolute atomic E-state index is 11.0. The van der Waals surface area contributed by atoms with Crippen LogP contribution in [0.4, 0.5) is 0 Å². The van der Waals surface area contributed by atoms with Crippen LogP contribution in [0.15, 0.2) is 11.4 Å². The largest absolute Gasteiger partial charge is 0.478 e. The zero-order valence-corrected chi connectivity index (χ0v) is 9.38. The maximum Gasteiger partial charge on any atom is 0.336 e. The Balaban J connectivity index is 2.37. The summed E-state index contributed by atoms with van der Waals surface area (Å²) in [5, 5.41) is 21.1. The van der Waals surface area contributed by atoms with Gasteiger partial charge in [0.2, 0.25) is 0 Å². The molecule has 1 aromatic heterocycles. The van der Waals surface area contributed by atoms with Crippen molar-refractivity contribution >= 4 is 17.3 Å². The first-order chi connectivity index (χ1) is 7.03. The molecule has 82 valence electrons. The molecule has 0 aliphatic heterocycles. The minimum absolute atomic E-state index is 0.261. The monoisotopic (exact) mass is 226 g/mol. The van der Waals surface area contributed by atoms with Crippen LogP contribution in [0, 0.1) is 5.92 Å². The van der Waals surface area contributed by atoms with E-state index in [2.05, 4.69) is 6.92 Å². The molecule has 3 nitrogen and oxygen atoms in total.